The number of H-pyrrole nitrogens is 3. The van der Waals surface area contributed by atoms with Crippen LogP contribution in [0.4, 0.5) is 0 Å². The first-order chi connectivity index (χ1) is 13.3. The Morgan fingerprint density at radius 2 is 1.26 bits per heavy atom. The predicted molar refractivity (Wildman–Crippen MR) is 113 cm³/mol. The van der Waals surface area contributed by atoms with Crippen LogP contribution in [-0.4, -0.2) is 20.2 Å². The molecule has 2 aromatic carbocycles. The van der Waals surface area contributed by atoms with Crippen molar-refractivity contribution in [2.24, 2.45) is 0 Å². The molecule has 0 fully saturated rings. The summed E-state index contributed by atoms with van der Waals surface area (Å²) >= 11 is 0. The van der Waals surface area contributed by atoms with Crippen molar-refractivity contribution in [1.82, 2.24) is 20.2 Å². The minimum Gasteiger partial charge on any atom is -0.361 e. The molecule has 130 valence electrons. The van der Waals surface area contributed by atoms with E-state index >= 15 is 0 Å². The molecule has 0 bridgehead atoms. The van der Waals surface area contributed by atoms with Gasteiger partial charge in [-0.3, -0.25) is 5.10 Å². The minimum absolute atomic E-state index is 0.904. The highest BCUT2D eigenvalue weighted by Crippen LogP contribution is 2.18. The summed E-state index contributed by atoms with van der Waals surface area (Å²) in [5.41, 5.74) is 6.45. The Labute approximate surface area is 156 Å². The van der Waals surface area contributed by atoms with Crippen molar-refractivity contribution >= 4 is 46.1 Å². The van der Waals surface area contributed by atoms with E-state index < -0.39 is 0 Å². The van der Waals surface area contributed by atoms with Crippen molar-refractivity contribution in [3.05, 3.63) is 89.5 Å². The third-order valence-electron chi connectivity index (χ3n) is 4.68. The lowest BCUT2D eigenvalue weighted by Crippen LogP contribution is -1.75. The van der Waals surface area contributed by atoms with Crippen LogP contribution in [0.25, 0.3) is 46.1 Å². The monoisotopic (exact) mass is 350 g/mol. The van der Waals surface area contributed by atoms with Crippen LogP contribution in [0.5, 0.6) is 0 Å². The van der Waals surface area contributed by atoms with Crippen LogP contribution < -0.4 is 0 Å². The SMILES string of the molecule is C(=C\c1cc(/C=C/c2ccc3cc[nH]c3c2)[nH]n1)/c1ccc2cc[nH]c2c1. The number of aromatic nitrogens is 4. The number of nitrogens with zero attached hydrogens (tertiary/aromatic N) is 1. The minimum atomic E-state index is 0.904. The fourth-order valence-electron chi connectivity index (χ4n) is 3.23. The second kappa shape index (κ2) is 6.50. The zero-order valence-corrected chi connectivity index (χ0v) is 14.6. The number of aromatic amines is 3. The molecule has 5 rings (SSSR count). The highest BCUT2D eigenvalue weighted by Gasteiger charge is 1.98. The number of fused-ring (bicyclic) bond motifs is 2. The van der Waals surface area contributed by atoms with Crippen molar-refractivity contribution < 1.29 is 0 Å². The summed E-state index contributed by atoms with van der Waals surface area (Å²) in [5.74, 6) is 0. The van der Waals surface area contributed by atoms with Gasteiger partial charge in [-0.2, -0.15) is 5.10 Å². The topological polar surface area (TPSA) is 60.3 Å². The summed E-state index contributed by atoms with van der Waals surface area (Å²) in [7, 11) is 0. The summed E-state index contributed by atoms with van der Waals surface area (Å²) in [6.07, 6.45) is 12.1. The molecular formula is C23H18N4. The Hall–Kier alpha value is -3.79. The Bertz CT molecular complexity index is 1180. The summed E-state index contributed by atoms with van der Waals surface area (Å²) in [6.45, 7) is 0. The molecule has 3 heterocycles. The molecule has 27 heavy (non-hydrogen) atoms. The van der Waals surface area contributed by atoms with E-state index in [-0.39, 0.29) is 0 Å². The van der Waals surface area contributed by atoms with Gasteiger partial charge in [-0.15, -0.1) is 0 Å². The molecule has 0 radical (unpaired) electrons. The Balaban J connectivity index is 1.32. The smallest absolute Gasteiger partial charge is 0.0854 e. The molecule has 0 saturated carbocycles. The van der Waals surface area contributed by atoms with Gasteiger partial charge in [-0.25, -0.2) is 0 Å². The first kappa shape index (κ1) is 15.5. The van der Waals surface area contributed by atoms with Gasteiger partial charge in [0, 0.05) is 23.4 Å². The fraction of sp³-hybridized carbons (Fsp3) is 0. The molecule has 0 amide bonds. The van der Waals surface area contributed by atoms with Crippen molar-refractivity contribution in [3.8, 4) is 0 Å². The number of hydrogen-bond donors (Lipinski definition) is 3. The van der Waals surface area contributed by atoms with E-state index in [1.54, 1.807) is 0 Å². The van der Waals surface area contributed by atoms with E-state index in [4.69, 9.17) is 0 Å². The van der Waals surface area contributed by atoms with Gasteiger partial charge >= 0.3 is 0 Å². The molecule has 3 N–H and O–H groups in total. The van der Waals surface area contributed by atoms with E-state index in [0.717, 1.165) is 33.5 Å². The third-order valence-corrected chi connectivity index (χ3v) is 4.68. The van der Waals surface area contributed by atoms with Gasteiger partial charge in [0.2, 0.25) is 0 Å². The molecule has 0 aliphatic rings. The van der Waals surface area contributed by atoms with Gasteiger partial charge < -0.3 is 9.97 Å². The van der Waals surface area contributed by atoms with E-state index in [1.165, 1.54) is 10.8 Å². The average molecular weight is 350 g/mol. The maximum Gasteiger partial charge on any atom is 0.0854 e. The number of nitrogens with one attached hydrogen (secondary N) is 3. The number of hydrogen-bond acceptors (Lipinski definition) is 1. The molecule has 0 atom stereocenters. The van der Waals surface area contributed by atoms with Gasteiger partial charge in [0.25, 0.3) is 0 Å². The fourth-order valence-corrected chi connectivity index (χ4v) is 3.23. The van der Waals surface area contributed by atoms with Gasteiger partial charge in [-0.05, 0) is 64.4 Å². The molecule has 5 aromatic rings. The standard InChI is InChI=1S/C23H18N4/c1-5-18-9-11-24-22(18)13-16(1)3-7-20-15-21(27-26-20)8-4-17-2-6-19-10-12-25-23(19)14-17/h1-15,24-25H,(H,26,27)/b7-3+,8-4+. The molecule has 0 saturated heterocycles. The molecule has 0 aliphatic heterocycles. The molecular weight excluding hydrogens is 332 g/mol. The van der Waals surface area contributed by atoms with Gasteiger partial charge in [0.15, 0.2) is 0 Å². The van der Waals surface area contributed by atoms with Crippen molar-refractivity contribution in [3.63, 3.8) is 0 Å². The van der Waals surface area contributed by atoms with Crippen LogP contribution in [0.3, 0.4) is 0 Å². The zero-order chi connectivity index (χ0) is 18.1. The van der Waals surface area contributed by atoms with Gasteiger partial charge in [0.05, 0.1) is 11.4 Å². The summed E-state index contributed by atoms with van der Waals surface area (Å²) in [4.78, 5) is 6.48. The van der Waals surface area contributed by atoms with E-state index in [9.17, 15) is 0 Å². The van der Waals surface area contributed by atoms with Crippen molar-refractivity contribution in [2.75, 3.05) is 0 Å². The summed E-state index contributed by atoms with van der Waals surface area (Å²) in [5, 5.41) is 9.87. The number of rotatable bonds is 4. The number of benzene rings is 2. The maximum absolute atomic E-state index is 4.36. The highest BCUT2D eigenvalue weighted by atomic mass is 15.1. The first-order valence-electron chi connectivity index (χ1n) is 8.89. The molecule has 4 nitrogen and oxygen atoms in total. The van der Waals surface area contributed by atoms with Crippen LogP contribution in [-0.2, 0) is 0 Å². The lowest BCUT2D eigenvalue weighted by atomic mass is 10.1. The lowest BCUT2D eigenvalue weighted by molar-refractivity contribution is 1.07. The van der Waals surface area contributed by atoms with Crippen LogP contribution in [0.15, 0.2) is 67.0 Å². The summed E-state index contributed by atoms with van der Waals surface area (Å²) < 4.78 is 0. The van der Waals surface area contributed by atoms with E-state index in [0.29, 0.717) is 0 Å². The first-order valence-corrected chi connectivity index (χ1v) is 8.89. The molecule has 0 unspecified atom stereocenters. The third kappa shape index (κ3) is 3.20. The van der Waals surface area contributed by atoms with Crippen LogP contribution >= 0.6 is 0 Å². The molecule has 0 spiro atoms. The van der Waals surface area contributed by atoms with Crippen LogP contribution in [0.2, 0.25) is 0 Å². The van der Waals surface area contributed by atoms with Crippen LogP contribution in [0.1, 0.15) is 22.5 Å². The highest BCUT2D eigenvalue weighted by molar-refractivity contribution is 5.84. The molecule has 3 aromatic heterocycles. The normalized spacial score (nSPS) is 12.1. The Morgan fingerprint density at radius 1 is 0.630 bits per heavy atom. The second-order valence-corrected chi connectivity index (χ2v) is 6.56. The van der Waals surface area contributed by atoms with Crippen molar-refractivity contribution in [2.45, 2.75) is 0 Å². The molecule has 0 aliphatic carbocycles. The predicted octanol–water partition coefficient (Wildman–Crippen LogP) is 5.71. The maximum atomic E-state index is 4.36. The molecule has 4 heteroatoms. The van der Waals surface area contributed by atoms with Gasteiger partial charge in [-0.1, -0.05) is 36.4 Å². The quantitative estimate of drug-likeness (QED) is 0.382. The van der Waals surface area contributed by atoms with E-state index in [2.05, 4.69) is 80.8 Å². The Morgan fingerprint density at radius 3 is 1.93 bits per heavy atom. The average Bonchev–Trinajstić information content (AvgIpc) is 3.44. The van der Waals surface area contributed by atoms with Gasteiger partial charge in [0.1, 0.15) is 0 Å². The van der Waals surface area contributed by atoms with E-state index in [1.807, 2.05) is 30.6 Å². The van der Waals surface area contributed by atoms with Crippen molar-refractivity contribution in [1.29, 1.82) is 0 Å². The lowest BCUT2D eigenvalue weighted by Gasteiger charge is -1.94. The second-order valence-electron chi connectivity index (χ2n) is 6.56. The Kier molecular flexibility index (Phi) is 3.72. The largest absolute Gasteiger partial charge is 0.361 e. The van der Waals surface area contributed by atoms with Crippen LogP contribution in [0, 0.1) is 0 Å². The zero-order valence-electron chi connectivity index (χ0n) is 14.6. The summed E-state index contributed by atoms with van der Waals surface area (Å²) in [6, 6.07) is 18.9.